The van der Waals surface area contributed by atoms with Gasteiger partial charge in [-0.05, 0) is 44.4 Å². The highest BCUT2D eigenvalue weighted by molar-refractivity contribution is 5.94. The fourth-order valence-corrected chi connectivity index (χ4v) is 2.05. The van der Waals surface area contributed by atoms with Gasteiger partial charge >= 0.3 is 12.1 Å². The molecule has 1 aromatic carbocycles. The smallest absolute Gasteiger partial charge is 0.408 e. The highest BCUT2D eigenvalue weighted by Crippen LogP contribution is 2.12. The first-order valence-corrected chi connectivity index (χ1v) is 8.81. The Kier molecular flexibility index (Phi) is 8.55. The van der Waals surface area contributed by atoms with Crippen molar-refractivity contribution in [2.24, 2.45) is 17.2 Å². The Balaban J connectivity index is 2.49. The van der Waals surface area contributed by atoms with Gasteiger partial charge in [-0.15, -0.1) is 0 Å². The molecule has 0 aliphatic heterocycles. The molecule has 1 aromatic rings. The highest BCUT2D eigenvalue weighted by Gasteiger charge is 2.29. The first-order valence-electron chi connectivity index (χ1n) is 8.81. The number of carbonyl (C=O) groups excluding carboxylic acids is 3. The van der Waals surface area contributed by atoms with Gasteiger partial charge in [0.15, 0.2) is 0 Å². The van der Waals surface area contributed by atoms with E-state index in [0.29, 0.717) is 11.3 Å². The predicted molar refractivity (Wildman–Crippen MR) is 104 cm³/mol. The fourth-order valence-electron chi connectivity index (χ4n) is 2.05. The minimum absolute atomic E-state index is 0.0831. The van der Waals surface area contributed by atoms with Crippen LogP contribution in [-0.2, 0) is 25.7 Å². The number of aliphatic carboxylic acids is 1. The number of carboxylic acid groups (broad SMARTS) is 1. The van der Waals surface area contributed by atoms with Gasteiger partial charge in [0.05, 0.1) is 12.1 Å². The number of ether oxygens (including phenoxy) is 1. The van der Waals surface area contributed by atoms with E-state index in [1.165, 1.54) is 13.8 Å². The Morgan fingerprint density at radius 2 is 1.62 bits per heavy atom. The first kappa shape index (κ1) is 23.9. The van der Waals surface area contributed by atoms with Crippen LogP contribution in [0.15, 0.2) is 24.3 Å². The van der Waals surface area contributed by atoms with E-state index in [-0.39, 0.29) is 19.4 Å². The van der Waals surface area contributed by atoms with Gasteiger partial charge in [-0.1, -0.05) is 12.1 Å². The SMILES string of the molecule is CC(C)(NC(=O)OCc1ccc(NC(=O)[C@@H](N)CCC(N)C(N)=O)cc1)C(=O)O. The summed E-state index contributed by atoms with van der Waals surface area (Å²) >= 11 is 0. The minimum Gasteiger partial charge on any atom is -0.480 e. The largest absolute Gasteiger partial charge is 0.480 e. The van der Waals surface area contributed by atoms with E-state index in [0.717, 1.165) is 0 Å². The number of hydrogen-bond donors (Lipinski definition) is 6. The standard InChI is InChI=1S/C18H27N5O6/c1-18(2,16(26)27)23-17(28)29-9-10-3-5-11(6-4-10)22-15(25)13(20)8-7-12(19)14(21)24/h3-6,12-13H,7-9,19-20H2,1-2H3,(H2,21,24)(H,22,25)(H,23,28)(H,26,27)/t12?,13-/m0/s1. The zero-order valence-corrected chi connectivity index (χ0v) is 16.3. The molecule has 3 amide bonds. The molecule has 0 saturated carbocycles. The molecule has 9 N–H and O–H groups in total. The molecule has 11 heteroatoms. The second-order valence-corrected chi connectivity index (χ2v) is 7.01. The van der Waals surface area contributed by atoms with E-state index in [9.17, 15) is 19.2 Å². The lowest BCUT2D eigenvalue weighted by atomic mass is 10.1. The van der Waals surface area contributed by atoms with Crippen LogP contribution in [0, 0.1) is 0 Å². The van der Waals surface area contributed by atoms with Gasteiger partial charge in [-0.2, -0.15) is 0 Å². The fraction of sp³-hybridized carbons (Fsp3) is 0.444. The number of hydrogen-bond acceptors (Lipinski definition) is 7. The minimum atomic E-state index is -1.45. The van der Waals surface area contributed by atoms with E-state index in [2.05, 4.69) is 10.6 Å². The van der Waals surface area contributed by atoms with Crippen LogP contribution in [0.1, 0.15) is 32.3 Å². The maximum atomic E-state index is 12.1. The second kappa shape index (κ2) is 10.4. The molecular formula is C18H27N5O6. The Hall–Kier alpha value is -3.18. The maximum absolute atomic E-state index is 12.1. The topological polar surface area (TPSA) is 200 Å². The Morgan fingerprint density at radius 1 is 1.07 bits per heavy atom. The first-order chi connectivity index (χ1) is 13.4. The lowest BCUT2D eigenvalue weighted by Crippen LogP contribution is -2.49. The molecule has 0 heterocycles. The molecule has 0 fully saturated rings. The van der Waals surface area contributed by atoms with Gasteiger partial charge in [-0.3, -0.25) is 9.59 Å². The average molecular weight is 409 g/mol. The summed E-state index contributed by atoms with van der Waals surface area (Å²) in [7, 11) is 0. The Bertz CT molecular complexity index is 750. The molecule has 160 valence electrons. The summed E-state index contributed by atoms with van der Waals surface area (Å²) in [6.07, 6.45) is -0.472. The van der Waals surface area contributed by atoms with Gasteiger partial charge in [0, 0.05) is 5.69 Å². The molecule has 0 bridgehead atoms. The van der Waals surface area contributed by atoms with Crippen LogP contribution in [0.4, 0.5) is 10.5 Å². The monoisotopic (exact) mass is 409 g/mol. The van der Waals surface area contributed by atoms with Crippen molar-refractivity contribution >= 4 is 29.6 Å². The molecular weight excluding hydrogens is 382 g/mol. The molecule has 11 nitrogen and oxygen atoms in total. The number of benzene rings is 1. The third kappa shape index (κ3) is 8.15. The van der Waals surface area contributed by atoms with Crippen molar-refractivity contribution in [2.45, 2.75) is 50.9 Å². The highest BCUT2D eigenvalue weighted by atomic mass is 16.5. The van der Waals surface area contributed by atoms with Crippen molar-refractivity contribution in [3.8, 4) is 0 Å². The van der Waals surface area contributed by atoms with Crippen LogP contribution in [0.2, 0.25) is 0 Å². The number of anilines is 1. The van der Waals surface area contributed by atoms with Crippen molar-refractivity contribution in [1.29, 1.82) is 0 Å². The number of nitrogens with two attached hydrogens (primary N) is 3. The second-order valence-electron chi connectivity index (χ2n) is 7.01. The summed E-state index contributed by atoms with van der Waals surface area (Å²) in [6, 6.07) is 4.73. The number of amides is 3. The zero-order valence-electron chi connectivity index (χ0n) is 16.3. The Labute approximate surface area is 167 Å². The van der Waals surface area contributed by atoms with Crippen molar-refractivity contribution < 1.29 is 29.0 Å². The normalized spacial score (nSPS) is 13.1. The summed E-state index contributed by atoms with van der Waals surface area (Å²) in [4.78, 5) is 45.6. The molecule has 0 spiro atoms. The molecule has 29 heavy (non-hydrogen) atoms. The van der Waals surface area contributed by atoms with Crippen molar-refractivity contribution in [3.05, 3.63) is 29.8 Å². The number of carboxylic acids is 1. The molecule has 0 radical (unpaired) electrons. The van der Waals surface area contributed by atoms with E-state index < -0.39 is 41.5 Å². The van der Waals surface area contributed by atoms with Crippen LogP contribution in [-0.4, -0.2) is 46.6 Å². The third-order valence-corrected chi connectivity index (χ3v) is 4.03. The summed E-state index contributed by atoms with van der Waals surface area (Å²) in [6.45, 7) is 2.58. The van der Waals surface area contributed by atoms with Gasteiger partial charge in [0.1, 0.15) is 12.1 Å². The van der Waals surface area contributed by atoms with E-state index in [1.807, 2.05) is 0 Å². The summed E-state index contributed by atoms with van der Waals surface area (Å²) in [5.41, 5.74) is 16.0. The van der Waals surface area contributed by atoms with E-state index >= 15 is 0 Å². The molecule has 1 rings (SSSR count). The molecule has 1 unspecified atom stereocenters. The van der Waals surface area contributed by atoms with E-state index in [4.69, 9.17) is 27.0 Å². The molecule has 0 aliphatic carbocycles. The summed E-state index contributed by atoms with van der Waals surface area (Å²) < 4.78 is 4.98. The zero-order chi connectivity index (χ0) is 22.2. The van der Waals surface area contributed by atoms with E-state index in [1.54, 1.807) is 24.3 Å². The van der Waals surface area contributed by atoms with Gasteiger partial charge < -0.3 is 37.7 Å². The average Bonchev–Trinajstić information content (AvgIpc) is 2.64. The van der Waals surface area contributed by atoms with Crippen LogP contribution in [0.3, 0.4) is 0 Å². The van der Waals surface area contributed by atoms with Crippen molar-refractivity contribution in [3.63, 3.8) is 0 Å². The van der Waals surface area contributed by atoms with Crippen LogP contribution in [0.5, 0.6) is 0 Å². The van der Waals surface area contributed by atoms with Crippen molar-refractivity contribution in [1.82, 2.24) is 5.32 Å². The van der Waals surface area contributed by atoms with Crippen LogP contribution >= 0.6 is 0 Å². The third-order valence-electron chi connectivity index (χ3n) is 4.03. The van der Waals surface area contributed by atoms with Gasteiger partial charge in [-0.25, -0.2) is 9.59 Å². The quantitative estimate of drug-likeness (QED) is 0.300. The lowest BCUT2D eigenvalue weighted by Gasteiger charge is -2.20. The number of rotatable bonds is 10. The Morgan fingerprint density at radius 3 is 2.14 bits per heavy atom. The van der Waals surface area contributed by atoms with Crippen molar-refractivity contribution in [2.75, 3.05) is 5.32 Å². The molecule has 0 aliphatic rings. The molecule has 0 aromatic heterocycles. The predicted octanol–water partition coefficient (Wildman–Crippen LogP) is -0.365. The van der Waals surface area contributed by atoms with Gasteiger partial charge in [0.25, 0.3) is 0 Å². The molecule has 2 atom stereocenters. The molecule has 0 saturated heterocycles. The number of primary amides is 1. The maximum Gasteiger partial charge on any atom is 0.408 e. The summed E-state index contributed by atoms with van der Waals surface area (Å²) in [5.74, 6) is -2.29. The lowest BCUT2D eigenvalue weighted by molar-refractivity contribution is -0.143. The van der Waals surface area contributed by atoms with Gasteiger partial charge in [0.2, 0.25) is 11.8 Å². The summed E-state index contributed by atoms with van der Waals surface area (Å²) in [5, 5.41) is 13.8. The number of nitrogens with one attached hydrogen (secondary N) is 2. The number of alkyl carbamates (subject to hydrolysis) is 1. The van der Waals surface area contributed by atoms with Crippen LogP contribution in [0.25, 0.3) is 0 Å². The van der Waals surface area contributed by atoms with Crippen LogP contribution < -0.4 is 27.8 Å². The number of carbonyl (C=O) groups is 4.